The van der Waals surface area contributed by atoms with E-state index < -0.39 is 0 Å². The Balaban J connectivity index is 1.33. The minimum atomic E-state index is 0.892. The summed E-state index contributed by atoms with van der Waals surface area (Å²) in [6.07, 6.45) is 6.84. The maximum Gasteiger partial charge on any atom is 0.0591 e. The summed E-state index contributed by atoms with van der Waals surface area (Å²) in [7, 11) is 0. The van der Waals surface area contributed by atoms with Gasteiger partial charge in [0.15, 0.2) is 0 Å². The van der Waals surface area contributed by atoms with Crippen LogP contribution in [0.4, 0.5) is 0 Å². The molecule has 1 aliphatic carbocycles. The minimum Gasteiger partial charge on any atom is -0.380 e. The lowest BCUT2D eigenvalue weighted by molar-refractivity contribution is 0.126. The topological polar surface area (TPSA) is 33.3 Å². The third kappa shape index (κ3) is 5.28. The van der Waals surface area contributed by atoms with Crippen LogP contribution in [-0.4, -0.2) is 39.4 Å². The molecule has 2 aliphatic rings. The second-order valence-corrected chi connectivity index (χ2v) is 5.25. The molecule has 2 rings (SSSR count). The number of nitrogens with one attached hydrogen (secondary N) is 2. The quantitative estimate of drug-likeness (QED) is 0.614. The van der Waals surface area contributed by atoms with Gasteiger partial charge in [0.1, 0.15) is 0 Å². The molecule has 0 spiro atoms. The molecule has 1 heterocycles. The zero-order valence-corrected chi connectivity index (χ0v) is 10.3. The van der Waals surface area contributed by atoms with Crippen LogP contribution in [0.25, 0.3) is 0 Å². The van der Waals surface area contributed by atoms with Crippen molar-refractivity contribution in [2.24, 2.45) is 11.8 Å². The van der Waals surface area contributed by atoms with Gasteiger partial charge in [0, 0.05) is 13.2 Å². The van der Waals surface area contributed by atoms with Gasteiger partial charge in [0.05, 0.1) is 6.61 Å². The SMILES string of the molecule is C(COCC1CC1)NCCC1CCNCC1. The molecule has 3 nitrogen and oxygen atoms in total. The first-order valence-corrected chi connectivity index (χ1v) is 6.94. The lowest BCUT2D eigenvalue weighted by Crippen LogP contribution is -2.30. The van der Waals surface area contributed by atoms with E-state index in [-0.39, 0.29) is 0 Å². The molecule has 0 aromatic rings. The molecule has 1 saturated carbocycles. The molecule has 0 amide bonds. The van der Waals surface area contributed by atoms with E-state index in [0.29, 0.717) is 0 Å². The Hall–Kier alpha value is -0.120. The molecule has 3 heteroatoms. The zero-order valence-electron chi connectivity index (χ0n) is 10.3. The normalized spacial score (nSPS) is 22.5. The highest BCUT2D eigenvalue weighted by Crippen LogP contribution is 2.28. The number of ether oxygens (including phenoxy) is 1. The van der Waals surface area contributed by atoms with Crippen LogP contribution in [0.2, 0.25) is 0 Å². The van der Waals surface area contributed by atoms with E-state index >= 15 is 0 Å². The molecule has 0 atom stereocenters. The molecule has 94 valence electrons. The summed E-state index contributed by atoms with van der Waals surface area (Å²) >= 11 is 0. The number of hydrogen-bond acceptors (Lipinski definition) is 3. The lowest BCUT2D eigenvalue weighted by atomic mass is 9.95. The van der Waals surface area contributed by atoms with E-state index in [9.17, 15) is 0 Å². The van der Waals surface area contributed by atoms with Crippen molar-refractivity contribution in [1.82, 2.24) is 10.6 Å². The highest BCUT2D eigenvalue weighted by Gasteiger charge is 2.20. The van der Waals surface area contributed by atoms with Gasteiger partial charge in [-0.1, -0.05) is 0 Å². The van der Waals surface area contributed by atoms with Crippen LogP contribution in [-0.2, 0) is 4.74 Å². The first-order valence-electron chi connectivity index (χ1n) is 6.94. The zero-order chi connectivity index (χ0) is 11.1. The van der Waals surface area contributed by atoms with Crippen LogP contribution in [0.15, 0.2) is 0 Å². The Morgan fingerprint density at radius 1 is 1.00 bits per heavy atom. The highest BCUT2D eigenvalue weighted by atomic mass is 16.5. The van der Waals surface area contributed by atoms with Crippen molar-refractivity contribution >= 4 is 0 Å². The third-order valence-electron chi connectivity index (χ3n) is 3.66. The second kappa shape index (κ2) is 7.25. The summed E-state index contributed by atoms with van der Waals surface area (Å²) in [5.74, 6) is 1.84. The van der Waals surface area contributed by atoms with Gasteiger partial charge in [-0.2, -0.15) is 0 Å². The summed E-state index contributed by atoms with van der Waals surface area (Å²) in [6.45, 7) is 6.51. The van der Waals surface area contributed by atoms with Crippen LogP contribution in [0.5, 0.6) is 0 Å². The van der Waals surface area contributed by atoms with Crippen molar-refractivity contribution in [2.45, 2.75) is 32.1 Å². The van der Waals surface area contributed by atoms with Gasteiger partial charge in [-0.15, -0.1) is 0 Å². The van der Waals surface area contributed by atoms with Gasteiger partial charge in [-0.25, -0.2) is 0 Å². The Morgan fingerprint density at radius 2 is 1.81 bits per heavy atom. The van der Waals surface area contributed by atoms with Crippen LogP contribution >= 0.6 is 0 Å². The standard InChI is InChI=1S/C13H26N2O/c1-2-13(1)11-16-10-9-15-8-5-12-3-6-14-7-4-12/h12-15H,1-11H2. The molecule has 2 N–H and O–H groups in total. The van der Waals surface area contributed by atoms with Gasteiger partial charge in [-0.3, -0.25) is 0 Å². The fourth-order valence-corrected chi connectivity index (χ4v) is 2.28. The van der Waals surface area contributed by atoms with Gasteiger partial charge in [-0.05, 0) is 63.6 Å². The predicted molar refractivity (Wildman–Crippen MR) is 66.6 cm³/mol. The number of rotatable bonds is 8. The summed E-state index contributed by atoms with van der Waals surface area (Å²) < 4.78 is 5.58. The van der Waals surface area contributed by atoms with Crippen LogP contribution < -0.4 is 10.6 Å². The first-order chi connectivity index (χ1) is 7.95. The molecule has 0 aromatic carbocycles. The minimum absolute atomic E-state index is 0.892. The Bertz CT molecular complexity index is 177. The molecule has 0 radical (unpaired) electrons. The number of hydrogen-bond donors (Lipinski definition) is 2. The maximum absolute atomic E-state index is 5.58. The van der Waals surface area contributed by atoms with E-state index in [0.717, 1.165) is 38.1 Å². The van der Waals surface area contributed by atoms with Crippen molar-refractivity contribution < 1.29 is 4.74 Å². The highest BCUT2D eigenvalue weighted by molar-refractivity contribution is 4.72. The maximum atomic E-state index is 5.58. The van der Waals surface area contributed by atoms with E-state index in [1.165, 1.54) is 45.2 Å². The fourth-order valence-electron chi connectivity index (χ4n) is 2.28. The van der Waals surface area contributed by atoms with Crippen LogP contribution in [0.1, 0.15) is 32.1 Å². The fraction of sp³-hybridized carbons (Fsp3) is 1.00. The van der Waals surface area contributed by atoms with E-state index in [1.54, 1.807) is 0 Å². The van der Waals surface area contributed by atoms with Gasteiger partial charge < -0.3 is 15.4 Å². The third-order valence-corrected chi connectivity index (χ3v) is 3.66. The van der Waals surface area contributed by atoms with E-state index in [1.807, 2.05) is 0 Å². The molecule has 1 aliphatic heterocycles. The Labute approximate surface area is 99.3 Å². The summed E-state index contributed by atoms with van der Waals surface area (Å²) in [6, 6.07) is 0. The average Bonchev–Trinajstić information content (AvgIpc) is 3.13. The van der Waals surface area contributed by atoms with Gasteiger partial charge in [0.2, 0.25) is 0 Å². The summed E-state index contributed by atoms with van der Waals surface area (Å²) in [4.78, 5) is 0. The second-order valence-electron chi connectivity index (χ2n) is 5.25. The molecule has 0 bridgehead atoms. The molecule has 0 unspecified atom stereocenters. The van der Waals surface area contributed by atoms with Crippen molar-refractivity contribution in [2.75, 3.05) is 39.4 Å². The Kier molecular flexibility index (Phi) is 5.59. The first kappa shape index (κ1) is 12.3. The van der Waals surface area contributed by atoms with Gasteiger partial charge in [0.25, 0.3) is 0 Å². The lowest BCUT2D eigenvalue weighted by Gasteiger charge is -2.22. The van der Waals surface area contributed by atoms with E-state index in [2.05, 4.69) is 10.6 Å². The van der Waals surface area contributed by atoms with Crippen molar-refractivity contribution in [3.63, 3.8) is 0 Å². The molecular formula is C13H26N2O. The summed E-state index contributed by atoms with van der Waals surface area (Å²) in [5.41, 5.74) is 0. The van der Waals surface area contributed by atoms with Crippen LogP contribution in [0.3, 0.4) is 0 Å². The summed E-state index contributed by atoms with van der Waals surface area (Å²) in [5, 5.41) is 6.89. The van der Waals surface area contributed by atoms with E-state index in [4.69, 9.17) is 4.74 Å². The largest absolute Gasteiger partial charge is 0.380 e. The van der Waals surface area contributed by atoms with Crippen LogP contribution in [0, 0.1) is 11.8 Å². The molecule has 16 heavy (non-hydrogen) atoms. The number of piperidine rings is 1. The average molecular weight is 226 g/mol. The van der Waals surface area contributed by atoms with Crippen molar-refractivity contribution in [1.29, 1.82) is 0 Å². The molecule has 0 aromatic heterocycles. The molecule has 1 saturated heterocycles. The molecule has 2 fully saturated rings. The Morgan fingerprint density at radius 3 is 2.56 bits per heavy atom. The molecular weight excluding hydrogens is 200 g/mol. The predicted octanol–water partition coefficient (Wildman–Crippen LogP) is 1.39. The van der Waals surface area contributed by atoms with Crippen molar-refractivity contribution in [3.8, 4) is 0 Å². The smallest absolute Gasteiger partial charge is 0.0591 e. The monoisotopic (exact) mass is 226 g/mol. The van der Waals surface area contributed by atoms with Gasteiger partial charge >= 0.3 is 0 Å². The van der Waals surface area contributed by atoms with Crippen molar-refractivity contribution in [3.05, 3.63) is 0 Å².